The van der Waals surface area contributed by atoms with Gasteiger partial charge in [0.1, 0.15) is 28.6 Å². The average Bonchev–Trinajstić information content (AvgIpc) is 2.66. The van der Waals surface area contributed by atoms with Crippen molar-refractivity contribution < 1.29 is 14.2 Å². The van der Waals surface area contributed by atoms with Gasteiger partial charge >= 0.3 is 0 Å². The van der Waals surface area contributed by atoms with Gasteiger partial charge in [-0.05, 0) is 50.1 Å². The van der Waals surface area contributed by atoms with Gasteiger partial charge in [-0.3, -0.25) is 0 Å². The molecule has 2 N–H and O–H groups in total. The molecule has 0 bridgehead atoms. The number of fused-ring (bicyclic) bond motifs is 1. The Labute approximate surface area is 153 Å². The van der Waals surface area contributed by atoms with E-state index < -0.39 is 0 Å². The zero-order valence-electron chi connectivity index (χ0n) is 15.1. The van der Waals surface area contributed by atoms with Crippen LogP contribution in [0.25, 0.3) is 10.9 Å². The molecule has 0 amide bonds. The Bertz CT molecular complexity index is 867. The van der Waals surface area contributed by atoms with E-state index in [0.29, 0.717) is 12.4 Å². The number of nitrogens with two attached hydrogens (primary N) is 1. The number of aromatic nitrogens is 1. The molecule has 0 aliphatic rings. The first-order valence-electron chi connectivity index (χ1n) is 8.74. The SMILES string of the molecule is COc1cccc(OCCCC(C)Oc2cccc3ccc(N)nc23)c1. The highest BCUT2D eigenvalue weighted by molar-refractivity contribution is 5.85. The molecule has 5 heteroatoms. The third-order valence-corrected chi connectivity index (χ3v) is 4.10. The largest absolute Gasteiger partial charge is 0.497 e. The third-order valence-electron chi connectivity index (χ3n) is 4.10. The molecule has 0 aliphatic heterocycles. The second kappa shape index (κ2) is 8.43. The fraction of sp³-hybridized carbons (Fsp3) is 0.286. The minimum atomic E-state index is 0.0535. The standard InChI is InChI=1S/C21H24N2O3/c1-15(6-5-13-25-18-9-4-8-17(14-18)24-2)26-19-10-3-7-16-11-12-20(22)23-21(16)19/h3-4,7-12,14-15H,5-6,13H2,1-2H3,(H2,22,23). The molecule has 3 rings (SSSR count). The van der Waals surface area contributed by atoms with E-state index in [0.717, 1.165) is 41.0 Å². The molecule has 1 atom stereocenters. The Morgan fingerprint density at radius 2 is 1.85 bits per heavy atom. The Morgan fingerprint density at radius 1 is 1.04 bits per heavy atom. The molecule has 0 radical (unpaired) electrons. The fourth-order valence-corrected chi connectivity index (χ4v) is 2.76. The second-order valence-electron chi connectivity index (χ2n) is 6.16. The van der Waals surface area contributed by atoms with Crippen LogP contribution in [0, 0.1) is 0 Å². The van der Waals surface area contributed by atoms with Crippen LogP contribution in [-0.4, -0.2) is 24.8 Å². The number of hydrogen-bond acceptors (Lipinski definition) is 5. The number of pyridine rings is 1. The highest BCUT2D eigenvalue weighted by Crippen LogP contribution is 2.26. The van der Waals surface area contributed by atoms with Crippen molar-refractivity contribution in [2.45, 2.75) is 25.9 Å². The number of benzene rings is 2. The summed E-state index contributed by atoms with van der Waals surface area (Å²) in [7, 11) is 1.65. The van der Waals surface area contributed by atoms with Crippen LogP contribution < -0.4 is 19.9 Å². The number of hydrogen-bond donors (Lipinski definition) is 1. The molecule has 0 saturated heterocycles. The number of rotatable bonds is 8. The molecular weight excluding hydrogens is 328 g/mol. The lowest BCUT2D eigenvalue weighted by Crippen LogP contribution is -2.13. The van der Waals surface area contributed by atoms with Crippen LogP contribution in [0.15, 0.2) is 54.6 Å². The molecule has 26 heavy (non-hydrogen) atoms. The summed E-state index contributed by atoms with van der Waals surface area (Å²) in [6.45, 7) is 2.68. The molecule has 1 aromatic heterocycles. The maximum atomic E-state index is 6.08. The van der Waals surface area contributed by atoms with Gasteiger partial charge in [0.25, 0.3) is 0 Å². The van der Waals surface area contributed by atoms with E-state index in [1.165, 1.54) is 0 Å². The summed E-state index contributed by atoms with van der Waals surface area (Å²) in [5, 5.41) is 1.02. The van der Waals surface area contributed by atoms with Crippen LogP contribution in [0.5, 0.6) is 17.2 Å². The van der Waals surface area contributed by atoms with Crippen molar-refractivity contribution in [2.75, 3.05) is 19.5 Å². The highest BCUT2D eigenvalue weighted by Gasteiger charge is 2.09. The normalized spacial score (nSPS) is 11.9. The van der Waals surface area contributed by atoms with Crippen molar-refractivity contribution in [1.82, 2.24) is 4.98 Å². The van der Waals surface area contributed by atoms with Gasteiger partial charge in [-0.1, -0.05) is 18.2 Å². The molecule has 0 fully saturated rings. The fourth-order valence-electron chi connectivity index (χ4n) is 2.76. The Morgan fingerprint density at radius 3 is 2.69 bits per heavy atom. The average molecular weight is 352 g/mol. The molecule has 3 aromatic rings. The van der Waals surface area contributed by atoms with Gasteiger partial charge in [0.2, 0.25) is 0 Å². The quantitative estimate of drug-likeness (QED) is 0.607. The van der Waals surface area contributed by atoms with Gasteiger partial charge in [0.15, 0.2) is 0 Å². The first-order valence-corrected chi connectivity index (χ1v) is 8.74. The summed E-state index contributed by atoms with van der Waals surface area (Å²) in [6, 6.07) is 17.3. The lowest BCUT2D eigenvalue weighted by atomic mass is 10.2. The zero-order valence-corrected chi connectivity index (χ0v) is 15.1. The van der Waals surface area contributed by atoms with Crippen molar-refractivity contribution in [3.05, 3.63) is 54.6 Å². The van der Waals surface area contributed by atoms with Crippen molar-refractivity contribution >= 4 is 16.7 Å². The lowest BCUT2D eigenvalue weighted by Gasteiger charge is -2.16. The third kappa shape index (κ3) is 4.57. The van der Waals surface area contributed by atoms with Crippen LogP contribution in [-0.2, 0) is 0 Å². The first kappa shape index (κ1) is 17.9. The van der Waals surface area contributed by atoms with Crippen LogP contribution >= 0.6 is 0 Å². The van der Waals surface area contributed by atoms with Gasteiger partial charge in [0, 0.05) is 11.5 Å². The Kier molecular flexibility index (Phi) is 5.79. The van der Waals surface area contributed by atoms with Crippen molar-refractivity contribution in [1.29, 1.82) is 0 Å². The monoisotopic (exact) mass is 352 g/mol. The first-order chi connectivity index (χ1) is 12.7. The summed E-state index contributed by atoms with van der Waals surface area (Å²) >= 11 is 0. The second-order valence-corrected chi connectivity index (χ2v) is 6.16. The zero-order chi connectivity index (χ0) is 18.4. The molecule has 5 nitrogen and oxygen atoms in total. The van der Waals surface area contributed by atoms with Crippen molar-refractivity contribution in [3.63, 3.8) is 0 Å². The van der Waals surface area contributed by atoms with Crippen LogP contribution in [0.2, 0.25) is 0 Å². The number of nitrogen functional groups attached to an aromatic ring is 1. The van der Waals surface area contributed by atoms with E-state index in [1.807, 2.05) is 48.5 Å². The predicted octanol–water partition coefficient (Wildman–Crippen LogP) is 4.45. The van der Waals surface area contributed by atoms with Gasteiger partial charge in [-0.15, -0.1) is 0 Å². The van der Waals surface area contributed by atoms with Crippen molar-refractivity contribution in [2.24, 2.45) is 0 Å². The maximum absolute atomic E-state index is 6.08. The Hall–Kier alpha value is -2.95. The summed E-state index contributed by atoms with van der Waals surface area (Å²) in [4.78, 5) is 4.40. The molecule has 1 unspecified atom stereocenters. The minimum absolute atomic E-state index is 0.0535. The Balaban J connectivity index is 1.51. The van der Waals surface area contributed by atoms with Gasteiger partial charge in [-0.2, -0.15) is 0 Å². The number of methoxy groups -OCH3 is 1. The van der Waals surface area contributed by atoms with Crippen LogP contribution in [0.4, 0.5) is 5.82 Å². The van der Waals surface area contributed by atoms with E-state index in [1.54, 1.807) is 13.2 Å². The summed E-state index contributed by atoms with van der Waals surface area (Å²) in [6.07, 6.45) is 1.82. The topological polar surface area (TPSA) is 66.6 Å². The number of ether oxygens (including phenoxy) is 3. The van der Waals surface area contributed by atoms with E-state index in [2.05, 4.69) is 11.9 Å². The highest BCUT2D eigenvalue weighted by atomic mass is 16.5. The predicted molar refractivity (Wildman–Crippen MR) is 104 cm³/mol. The molecule has 1 heterocycles. The molecule has 0 saturated carbocycles. The molecule has 0 aliphatic carbocycles. The van der Waals surface area contributed by atoms with Gasteiger partial charge < -0.3 is 19.9 Å². The molecule has 2 aromatic carbocycles. The van der Waals surface area contributed by atoms with Crippen LogP contribution in [0.1, 0.15) is 19.8 Å². The summed E-state index contributed by atoms with van der Waals surface area (Å²) < 4.78 is 17.0. The number of para-hydroxylation sites is 1. The summed E-state index contributed by atoms with van der Waals surface area (Å²) in [5.74, 6) is 2.86. The van der Waals surface area contributed by atoms with E-state index >= 15 is 0 Å². The van der Waals surface area contributed by atoms with Gasteiger partial charge in [0.05, 0.1) is 19.8 Å². The van der Waals surface area contributed by atoms with Crippen molar-refractivity contribution in [3.8, 4) is 17.2 Å². The van der Waals surface area contributed by atoms with Crippen LogP contribution in [0.3, 0.4) is 0 Å². The number of anilines is 1. The van der Waals surface area contributed by atoms with E-state index in [4.69, 9.17) is 19.9 Å². The summed E-state index contributed by atoms with van der Waals surface area (Å²) in [5.41, 5.74) is 6.60. The van der Waals surface area contributed by atoms with E-state index in [-0.39, 0.29) is 6.10 Å². The molecule has 136 valence electrons. The smallest absolute Gasteiger partial charge is 0.146 e. The number of nitrogens with zero attached hydrogens (tertiary/aromatic N) is 1. The maximum Gasteiger partial charge on any atom is 0.146 e. The minimum Gasteiger partial charge on any atom is -0.497 e. The molecule has 0 spiro atoms. The van der Waals surface area contributed by atoms with E-state index in [9.17, 15) is 0 Å². The lowest BCUT2D eigenvalue weighted by molar-refractivity contribution is 0.195. The molecular formula is C21H24N2O3. The van der Waals surface area contributed by atoms with Gasteiger partial charge in [-0.25, -0.2) is 4.98 Å².